The maximum atomic E-state index is 5.30. The first-order valence-corrected chi connectivity index (χ1v) is 18.1. The third-order valence-corrected chi connectivity index (χ3v) is 11.4. The fourth-order valence-corrected chi connectivity index (χ4v) is 8.92. The van der Waals surface area contributed by atoms with Gasteiger partial charge in [-0.3, -0.25) is 0 Å². The Morgan fingerprint density at radius 2 is 0.960 bits per heavy atom. The quantitative estimate of drug-likeness (QED) is 0.182. The largest absolute Gasteiger partial charge is 0.235 e. The average Bonchev–Trinajstić information content (AvgIpc) is 3.80. The number of hydrogen-bond donors (Lipinski definition) is 0. The molecule has 0 atom stereocenters. The summed E-state index contributed by atoms with van der Waals surface area (Å²) in [6, 6.07) is 55.0. The highest BCUT2D eigenvalue weighted by atomic mass is 32.1. The van der Waals surface area contributed by atoms with Crippen LogP contribution in [0.2, 0.25) is 0 Å². The second kappa shape index (κ2) is 11.8. The normalized spacial score (nSPS) is 11.6. The van der Waals surface area contributed by atoms with Gasteiger partial charge in [-0.25, -0.2) is 19.9 Å². The van der Waals surface area contributed by atoms with Crippen molar-refractivity contribution in [2.24, 2.45) is 0 Å². The van der Waals surface area contributed by atoms with E-state index >= 15 is 0 Å². The molecule has 0 spiro atoms. The van der Waals surface area contributed by atoms with E-state index in [1.807, 2.05) is 30.3 Å². The van der Waals surface area contributed by atoms with Gasteiger partial charge < -0.3 is 0 Å². The van der Waals surface area contributed by atoms with Crippen LogP contribution < -0.4 is 0 Å². The summed E-state index contributed by atoms with van der Waals surface area (Å²) in [5, 5.41) is 5.69. The molecule has 0 fully saturated rings. The molecule has 4 nitrogen and oxygen atoms in total. The van der Waals surface area contributed by atoms with Crippen molar-refractivity contribution in [3.8, 4) is 55.9 Å². The van der Waals surface area contributed by atoms with E-state index in [0.29, 0.717) is 17.5 Å². The van der Waals surface area contributed by atoms with Crippen molar-refractivity contribution in [2.45, 2.75) is 0 Å². The Bertz CT molecular complexity index is 2860. The van der Waals surface area contributed by atoms with Crippen LogP contribution in [0, 0.1) is 0 Å². The van der Waals surface area contributed by atoms with E-state index < -0.39 is 0 Å². The second-order valence-electron chi connectivity index (χ2n) is 12.3. The third kappa shape index (κ3) is 4.96. The molecular weight excluding hydrogens is 649 g/mol. The van der Waals surface area contributed by atoms with Gasteiger partial charge in [0.25, 0.3) is 0 Å². The van der Waals surface area contributed by atoms with E-state index in [0.717, 1.165) is 42.9 Å². The summed E-state index contributed by atoms with van der Waals surface area (Å²) < 4.78 is 3.48. The lowest BCUT2D eigenvalue weighted by Crippen LogP contribution is -2.00. The zero-order valence-electron chi connectivity index (χ0n) is 26.6. The van der Waals surface area contributed by atoms with E-state index in [1.165, 1.54) is 36.7 Å². The predicted molar refractivity (Wildman–Crippen MR) is 211 cm³/mol. The minimum Gasteiger partial charge on any atom is -0.235 e. The molecule has 6 heteroatoms. The molecular formula is C44H26N4S2. The summed E-state index contributed by atoms with van der Waals surface area (Å²) in [5.41, 5.74) is 7.33. The molecule has 10 rings (SSSR count). The van der Waals surface area contributed by atoms with Crippen molar-refractivity contribution in [1.82, 2.24) is 19.9 Å². The number of aromatic nitrogens is 4. The van der Waals surface area contributed by atoms with Crippen molar-refractivity contribution in [3.63, 3.8) is 0 Å². The topological polar surface area (TPSA) is 51.6 Å². The highest BCUT2D eigenvalue weighted by Crippen LogP contribution is 2.45. The van der Waals surface area contributed by atoms with Gasteiger partial charge in [0.05, 0.1) is 10.2 Å². The van der Waals surface area contributed by atoms with Gasteiger partial charge in [0.2, 0.25) is 0 Å². The number of rotatable bonds is 5. The Kier molecular flexibility index (Phi) is 6.82. The van der Waals surface area contributed by atoms with Gasteiger partial charge in [0.1, 0.15) is 5.01 Å². The number of nitrogens with zero attached hydrogens (tertiary/aromatic N) is 4. The molecule has 7 aromatic carbocycles. The fourth-order valence-electron chi connectivity index (χ4n) is 6.69. The van der Waals surface area contributed by atoms with E-state index in [9.17, 15) is 0 Å². The van der Waals surface area contributed by atoms with Crippen LogP contribution in [0.1, 0.15) is 0 Å². The summed E-state index contributed by atoms with van der Waals surface area (Å²) in [6.07, 6.45) is 0. The lowest BCUT2D eigenvalue weighted by molar-refractivity contribution is 1.08. The molecule has 0 aliphatic carbocycles. The van der Waals surface area contributed by atoms with Crippen molar-refractivity contribution in [1.29, 1.82) is 0 Å². The van der Waals surface area contributed by atoms with Gasteiger partial charge >= 0.3 is 0 Å². The van der Waals surface area contributed by atoms with E-state index in [1.54, 1.807) is 22.7 Å². The lowest BCUT2D eigenvalue weighted by Gasteiger charge is -2.10. The number of hydrogen-bond acceptors (Lipinski definition) is 6. The molecule has 0 saturated heterocycles. The molecule has 234 valence electrons. The predicted octanol–water partition coefficient (Wildman–Crippen LogP) is 12.3. The molecule has 0 N–H and O–H groups in total. The van der Waals surface area contributed by atoms with Gasteiger partial charge in [-0.05, 0) is 46.2 Å². The Hall–Kier alpha value is -6.08. The smallest absolute Gasteiger partial charge is 0.165 e. The third-order valence-electron chi connectivity index (χ3n) is 9.14. The summed E-state index contributed by atoms with van der Waals surface area (Å²) >= 11 is 3.48. The maximum absolute atomic E-state index is 5.30. The van der Waals surface area contributed by atoms with E-state index in [2.05, 4.69) is 127 Å². The Balaban J connectivity index is 1.20. The van der Waals surface area contributed by atoms with Crippen LogP contribution in [-0.2, 0) is 0 Å². The Morgan fingerprint density at radius 1 is 0.380 bits per heavy atom. The van der Waals surface area contributed by atoms with Gasteiger partial charge in [-0.1, -0.05) is 133 Å². The summed E-state index contributed by atoms with van der Waals surface area (Å²) in [7, 11) is 0. The molecule has 0 amide bonds. The molecule has 50 heavy (non-hydrogen) atoms. The highest BCUT2D eigenvalue weighted by molar-refractivity contribution is 7.26. The maximum Gasteiger partial charge on any atom is 0.165 e. The molecule has 0 unspecified atom stereocenters. The van der Waals surface area contributed by atoms with Crippen LogP contribution in [0.15, 0.2) is 158 Å². The molecule has 3 heterocycles. The van der Waals surface area contributed by atoms with Crippen molar-refractivity contribution >= 4 is 63.8 Å². The fraction of sp³-hybridized carbons (Fsp3) is 0. The summed E-state index contributed by atoms with van der Waals surface area (Å²) in [4.78, 5) is 20.8. The first kappa shape index (κ1) is 28.9. The Morgan fingerprint density at radius 3 is 1.70 bits per heavy atom. The van der Waals surface area contributed by atoms with Crippen LogP contribution in [0.25, 0.3) is 97.0 Å². The summed E-state index contributed by atoms with van der Waals surface area (Å²) in [6.45, 7) is 0. The molecule has 0 bridgehead atoms. The average molecular weight is 675 g/mol. The van der Waals surface area contributed by atoms with Crippen LogP contribution in [0.3, 0.4) is 0 Å². The highest BCUT2D eigenvalue weighted by Gasteiger charge is 2.21. The molecule has 10 aromatic rings. The summed E-state index contributed by atoms with van der Waals surface area (Å²) in [5.74, 6) is 1.92. The zero-order chi connectivity index (χ0) is 33.0. The Labute approximate surface area is 296 Å². The minimum atomic E-state index is 0.639. The van der Waals surface area contributed by atoms with Crippen LogP contribution >= 0.6 is 22.7 Å². The van der Waals surface area contributed by atoms with Gasteiger partial charge in [0, 0.05) is 42.4 Å². The lowest BCUT2D eigenvalue weighted by atomic mass is 10.00. The second-order valence-corrected chi connectivity index (χ2v) is 14.4. The number of benzene rings is 7. The van der Waals surface area contributed by atoms with Crippen molar-refractivity contribution < 1.29 is 0 Å². The first-order valence-electron chi connectivity index (χ1n) is 16.5. The molecule has 0 aliphatic rings. The van der Waals surface area contributed by atoms with Crippen LogP contribution in [0.5, 0.6) is 0 Å². The molecule has 0 radical (unpaired) electrons. The van der Waals surface area contributed by atoms with Crippen LogP contribution in [-0.4, -0.2) is 19.9 Å². The molecule has 0 aliphatic heterocycles. The molecule has 3 aromatic heterocycles. The number of thiazole rings is 1. The minimum absolute atomic E-state index is 0.639. The van der Waals surface area contributed by atoms with Gasteiger partial charge in [0.15, 0.2) is 17.5 Å². The SMILES string of the molecule is c1ccc(-c2ccc3cc(-c4nc(-c5ccccc5)nc(-c5cc6sc7ccccc7c6c6nc(-c7ccccc7)sc56)n4)ccc3c2)cc1. The van der Waals surface area contributed by atoms with E-state index in [4.69, 9.17) is 19.9 Å². The van der Waals surface area contributed by atoms with Gasteiger partial charge in [-0.2, -0.15) is 0 Å². The monoisotopic (exact) mass is 674 g/mol. The first-order chi connectivity index (χ1) is 24.7. The zero-order valence-corrected chi connectivity index (χ0v) is 28.2. The van der Waals surface area contributed by atoms with Crippen molar-refractivity contribution in [2.75, 3.05) is 0 Å². The number of thiophene rings is 1. The number of fused-ring (bicyclic) bond motifs is 6. The molecule has 0 saturated carbocycles. The van der Waals surface area contributed by atoms with Gasteiger partial charge in [-0.15, -0.1) is 22.7 Å². The van der Waals surface area contributed by atoms with Crippen molar-refractivity contribution in [3.05, 3.63) is 158 Å². The standard InChI is InChI=1S/C44H26N4S2/c1-4-12-27(13-5-1)30-20-21-32-25-33(23-22-31(32)24-30)42-46-41(28-14-6-2-7-15-28)47-43(48-42)35-26-37-38(34-18-10-11-19-36(34)49-37)39-40(35)50-44(45-39)29-16-8-3-9-17-29/h1-26H. The van der Waals surface area contributed by atoms with Crippen LogP contribution in [0.4, 0.5) is 0 Å². The van der Waals surface area contributed by atoms with E-state index in [-0.39, 0.29) is 0 Å².